The van der Waals surface area contributed by atoms with Gasteiger partial charge in [0.2, 0.25) is 5.91 Å². The van der Waals surface area contributed by atoms with E-state index in [1.165, 1.54) is 30.8 Å². The van der Waals surface area contributed by atoms with E-state index in [1.54, 1.807) is 11.1 Å². The van der Waals surface area contributed by atoms with Gasteiger partial charge in [0, 0.05) is 57.1 Å². The lowest BCUT2D eigenvalue weighted by Gasteiger charge is -2.50. The van der Waals surface area contributed by atoms with Gasteiger partial charge in [0.05, 0.1) is 12.1 Å². The Balaban J connectivity index is 1.29. The lowest BCUT2D eigenvalue weighted by atomic mass is 9.71. The number of benzene rings is 1. The number of nitrogens with one attached hydrogen (secondary N) is 1. The van der Waals surface area contributed by atoms with Gasteiger partial charge in [-0.3, -0.25) is 19.5 Å². The topological polar surface area (TPSA) is 78.4 Å². The molecule has 2 amide bonds. The van der Waals surface area contributed by atoms with Gasteiger partial charge in [-0.15, -0.1) is 0 Å². The molecule has 3 fully saturated rings. The van der Waals surface area contributed by atoms with Crippen molar-refractivity contribution in [2.24, 2.45) is 17.3 Å². The minimum absolute atomic E-state index is 0.0918. The molecule has 1 atom stereocenters. The molecule has 0 bridgehead atoms. The van der Waals surface area contributed by atoms with Crippen molar-refractivity contribution < 1.29 is 9.59 Å². The average molecular weight is 406 g/mol. The molecule has 0 radical (unpaired) electrons. The molecule has 3 aliphatic rings. The largest absolute Gasteiger partial charge is 0.356 e. The third-order valence-corrected chi connectivity index (χ3v) is 6.63. The van der Waals surface area contributed by atoms with Crippen molar-refractivity contribution in [2.75, 3.05) is 32.7 Å². The summed E-state index contributed by atoms with van der Waals surface area (Å²) in [6.07, 6.45) is 7.04. The van der Waals surface area contributed by atoms with E-state index in [2.05, 4.69) is 32.3 Å². The molecule has 1 unspecified atom stereocenters. The molecule has 1 spiro atoms. The molecule has 1 N–H and O–H groups in total. The number of amides is 2. The molecule has 2 aliphatic heterocycles. The van der Waals surface area contributed by atoms with Crippen LogP contribution in [0.5, 0.6) is 0 Å². The molecule has 156 valence electrons. The first-order valence-electron chi connectivity index (χ1n) is 10.7. The monoisotopic (exact) mass is 405 g/mol. The second-order valence-corrected chi connectivity index (χ2v) is 9.01. The second kappa shape index (κ2) is 7.80. The lowest BCUT2D eigenvalue weighted by Crippen LogP contribution is -2.64. The number of hydrogen-bond acceptors (Lipinski definition) is 5. The predicted molar refractivity (Wildman–Crippen MR) is 111 cm³/mol. The number of carbonyl (C=O) groups is 2. The van der Waals surface area contributed by atoms with Crippen LogP contribution in [0.3, 0.4) is 0 Å². The average Bonchev–Trinajstić information content (AvgIpc) is 3.51. The molecule has 30 heavy (non-hydrogen) atoms. The number of rotatable bonds is 6. The molecule has 1 saturated carbocycles. The summed E-state index contributed by atoms with van der Waals surface area (Å²) in [6, 6.07) is 10.4. The molecule has 2 aromatic rings. The van der Waals surface area contributed by atoms with Crippen LogP contribution in [-0.4, -0.2) is 64.3 Å². The summed E-state index contributed by atoms with van der Waals surface area (Å²) < 4.78 is 0. The van der Waals surface area contributed by atoms with Crippen LogP contribution in [0.15, 0.2) is 48.9 Å². The Kier molecular flexibility index (Phi) is 4.98. The van der Waals surface area contributed by atoms with Crippen LogP contribution in [0, 0.1) is 17.3 Å². The Morgan fingerprint density at radius 1 is 1.10 bits per heavy atom. The highest BCUT2D eigenvalue weighted by atomic mass is 16.2. The number of aromatic nitrogens is 2. The molecule has 1 aromatic heterocycles. The van der Waals surface area contributed by atoms with Crippen molar-refractivity contribution in [2.45, 2.75) is 19.4 Å². The standard InChI is InChI=1S/C23H27N5O2/c29-21(26-10-17-6-7-17)19-13-27(12-18-4-2-1-3-5-18)14-23(19)15-28(16-23)22(30)20-11-24-8-9-25-20/h1-5,8-9,11,17,19H,6-7,10,12-16H2,(H,26,29). The number of nitrogens with zero attached hydrogens (tertiary/aromatic N) is 4. The minimum Gasteiger partial charge on any atom is -0.356 e. The van der Waals surface area contributed by atoms with Crippen LogP contribution in [-0.2, 0) is 11.3 Å². The summed E-state index contributed by atoms with van der Waals surface area (Å²) in [5, 5.41) is 3.18. The molecule has 5 rings (SSSR count). The predicted octanol–water partition coefficient (Wildman–Crippen LogP) is 1.58. The molecule has 7 heteroatoms. The van der Waals surface area contributed by atoms with E-state index in [9.17, 15) is 9.59 Å². The van der Waals surface area contributed by atoms with Gasteiger partial charge in [0.25, 0.3) is 5.91 Å². The molecule has 3 heterocycles. The molecule has 1 aromatic carbocycles. The van der Waals surface area contributed by atoms with Gasteiger partial charge in [-0.1, -0.05) is 30.3 Å². The van der Waals surface area contributed by atoms with Crippen LogP contribution in [0.4, 0.5) is 0 Å². The molecule has 7 nitrogen and oxygen atoms in total. The van der Waals surface area contributed by atoms with E-state index in [-0.39, 0.29) is 23.1 Å². The normalized spacial score (nSPS) is 22.7. The summed E-state index contributed by atoms with van der Waals surface area (Å²) in [7, 11) is 0. The summed E-state index contributed by atoms with van der Waals surface area (Å²) in [6.45, 7) is 4.36. The highest BCUT2D eigenvalue weighted by molar-refractivity contribution is 5.93. The van der Waals surface area contributed by atoms with Crippen molar-refractivity contribution in [1.29, 1.82) is 0 Å². The first-order valence-corrected chi connectivity index (χ1v) is 10.7. The maximum absolute atomic E-state index is 13.1. The Morgan fingerprint density at radius 2 is 1.90 bits per heavy atom. The van der Waals surface area contributed by atoms with Gasteiger partial charge in [-0.2, -0.15) is 0 Å². The SMILES string of the molecule is O=C(NCC1CC1)C1CN(Cc2ccccc2)CC12CN(C(=O)c1cnccn1)C2. The zero-order valence-electron chi connectivity index (χ0n) is 17.0. The maximum atomic E-state index is 13.1. The fourth-order valence-corrected chi connectivity index (χ4v) is 4.83. The summed E-state index contributed by atoms with van der Waals surface area (Å²) in [5.74, 6) is 0.602. The summed E-state index contributed by atoms with van der Waals surface area (Å²) in [5.41, 5.74) is 1.43. The number of hydrogen-bond donors (Lipinski definition) is 1. The summed E-state index contributed by atoms with van der Waals surface area (Å²) >= 11 is 0. The van der Waals surface area contributed by atoms with E-state index >= 15 is 0 Å². The highest BCUT2D eigenvalue weighted by Crippen LogP contribution is 2.45. The van der Waals surface area contributed by atoms with Crippen molar-refractivity contribution in [3.05, 3.63) is 60.2 Å². The molecule has 1 aliphatic carbocycles. The molecular weight excluding hydrogens is 378 g/mol. The number of carbonyl (C=O) groups excluding carboxylic acids is 2. The van der Waals surface area contributed by atoms with E-state index in [0.29, 0.717) is 24.7 Å². The van der Waals surface area contributed by atoms with Gasteiger partial charge < -0.3 is 10.2 Å². The van der Waals surface area contributed by atoms with Crippen molar-refractivity contribution in [1.82, 2.24) is 25.1 Å². The Labute approximate surface area is 176 Å². The Morgan fingerprint density at radius 3 is 2.60 bits per heavy atom. The van der Waals surface area contributed by atoms with E-state index in [0.717, 1.165) is 26.2 Å². The van der Waals surface area contributed by atoms with Crippen LogP contribution in [0.2, 0.25) is 0 Å². The van der Waals surface area contributed by atoms with Gasteiger partial charge in [-0.25, -0.2) is 4.98 Å². The van der Waals surface area contributed by atoms with Gasteiger partial charge in [0.15, 0.2) is 0 Å². The Hall–Kier alpha value is -2.80. The van der Waals surface area contributed by atoms with Gasteiger partial charge in [-0.05, 0) is 24.3 Å². The van der Waals surface area contributed by atoms with E-state index in [1.807, 2.05) is 18.2 Å². The quantitative estimate of drug-likeness (QED) is 0.790. The molecule has 2 saturated heterocycles. The van der Waals surface area contributed by atoms with Crippen LogP contribution in [0.1, 0.15) is 28.9 Å². The van der Waals surface area contributed by atoms with E-state index < -0.39 is 0 Å². The zero-order chi connectivity index (χ0) is 20.6. The summed E-state index contributed by atoms with van der Waals surface area (Å²) in [4.78, 5) is 38.1. The smallest absolute Gasteiger partial charge is 0.274 e. The first-order chi connectivity index (χ1) is 14.6. The second-order valence-electron chi connectivity index (χ2n) is 9.01. The highest BCUT2D eigenvalue weighted by Gasteiger charge is 2.57. The lowest BCUT2D eigenvalue weighted by molar-refractivity contribution is -0.131. The van der Waals surface area contributed by atoms with Crippen molar-refractivity contribution >= 4 is 11.8 Å². The minimum atomic E-state index is -0.180. The van der Waals surface area contributed by atoms with Crippen molar-refractivity contribution in [3.8, 4) is 0 Å². The van der Waals surface area contributed by atoms with E-state index in [4.69, 9.17) is 0 Å². The third kappa shape index (κ3) is 3.81. The number of likely N-dealkylation sites (tertiary alicyclic amines) is 2. The Bertz CT molecular complexity index is 910. The van der Waals surface area contributed by atoms with Crippen LogP contribution in [0.25, 0.3) is 0 Å². The van der Waals surface area contributed by atoms with Gasteiger partial charge >= 0.3 is 0 Å². The third-order valence-electron chi connectivity index (χ3n) is 6.63. The fourth-order valence-electron chi connectivity index (χ4n) is 4.83. The first kappa shape index (κ1) is 19.2. The maximum Gasteiger partial charge on any atom is 0.274 e. The van der Waals surface area contributed by atoms with Crippen molar-refractivity contribution in [3.63, 3.8) is 0 Å². The van der Waals surface area contributed by atoms with Crippen LogP contribution < -0.4 is 5.32 Å². The molecular formula is C23H27N5O2. The van der Waals surface area contributed by atoms with Gasteiger partial charge in [0.1, 0.15) is 5.69 Å². The van der Waals surface area contributed by atoms with Crippen LogP contribution >= 0.6 is 0 Å². The fraction of sp³-hybridized carbons (Fsp3) is 0.478. The zero-order valence-corrected chi connectivity index (χ0v) is 17.0.